The van der Waals surface area contributed by atoms with Crippen LogP contribution in [0.5, 0.6) is 0 Å². The standard InChI is InChI=1S/C26H32F2N6O2/c1-32-11-5-6-17(15-32)13-29-25-30-14-23-24(31-25)34(18-7-3-8-19(12-18)36-2)26(35)33(23)16-20-21(27)9-4-10-22(20)28/h4,7,9-10,14,17,19H,3,5-6,8,11-13,15-16H2,1-2H3,(H,29,30,31). The highest BCUT2D eigenvalue weighted by atomic mass is 19.1. The van der Waals surface area contributed by atoms with Gasteiger partial charge in [0.2, 0.25) is 5.95 Å². The predicted molar refractivity (Wildman–Crippen MR) is 135 cm³/mol. The van der Waals surface area contributed by atoms with E-state index in [1.807, 2.05) is 6.08 Å². The van der Waals surface area contributed by atoms with Crippen molar-refractivity contribution in [1.82, 2.24) is 24.0 Å². The number of methoxy groups -OCH3 is 1. The van der Waals surface area contributed by atoms with Crippen LogP contribution in [0.4, 0.5) is 14.7 Å². The molecule has 2 unspecified atom stereocenters. The lowest BCUT2D eigenvalue weighted by atomic mass is 9.99. The van der Waals surface area contributed by atoms with Crippen molar-refractivity contribution in [2.24, 2.45) is 5.92 Å². The molecule has 8 nitrogen and oxygen atoms in total. The molecule has 0 saturated carbocycles. The third-order valence-corrected chi connectivity index (χ3v) is 7.25. The molecule has 1 aliphatic carbocycles. The highest BCUT2D eigenvalue weighted by molar-refractivity contribution is 5.76. The Hall–Kier alpha value is -3.11. The lowest BCUT2D eigenvalue weighted by molar-refractivity contribution is 0.0964. The number of rotatable bonds is 7. The predicted octanol–water partition coefficient (Wildman–Crippen LogP) is 3.71. The van der Waals surface area contributed by atoms with Crippen molar-refractivity contribution in [3.05, 3.63) is 58.2 Å². The maximum Gasteiger partial charge on any atom is 0.335 e. The number of anilines is 1. The summed E-state index contributed by atoms with van der Waals surface area (Å²) in [5.41, 5.74) is 1.03. The molecule has 10 heteroatoms. The highest BCUT2D eigenvalue weighted by Gasteiger charge is 2.25. The fraction of sp³-hybridized carbons (Fsp3) is 0.500. The Kier molecular flexibility index (Phi) is 7.15. The van der Waals surface area contributed by atoms with Crippen LogP contribution in [-0.2, 0) is 11.3 Å². The molecule has 192 valence electrons. The molecular formula is C26H32F2N6O2. The Morgan fingerprint density at radius 3 is 2.78 bits per heavy atom. The van der Waals surface area contributed by atoms with Crippen molar-refractivity contribution >= 4 is 22.8 Å². The van der Waals surface area contributed by atoms with Crippen molar-refractivity contribution in [3.8, 4) is 0 Å². The van der Waals surface area contributed by atoms with Crippen LogP contribution < -0.4 is 11.0 Å². The molecule has 1 aromatic carbocycles. The van der Waals surface area contributed by atoms with Crippen molar-refractivity contribution in [3.63, 3.8) is 0 Å². The first kappa shape index (κ1) is 24.6. The van der Waals surface area contributed by atoms with Crippen molar-refractivity contribution in [2.45, 2.75) is 44.8 Å². The molecule has 1 saturated heterocycles. The van der Waals surface area contributed by atoms with E-state index in [4.69, 9.17) is 9.72 Å². The number of nitrogens with one attached hydrogen (secondary N) is 1. The molecule has 0 bridgehead atoms. The number of nitrogens with zero attached hydrogens (tertiary/aromatic N) is 5. The average molecular weight is 499 g/mol. The van der Waals surface area contributed by atoms with Crippen LogP contribution in [0.25, 0.3) is 16.9 Å². The first-order chi connectivity index (χ1) is 17.4. The van der Waals surface area contributed by atoms with Crippen LogP contribution in [0.15, 0.2) is 35.3 Å². The Morgan fingerprint density at radius 2 is 2.03 bits per heavy atom. The molecule has 0 spiro atoms. The Bertz CT molecular complexity index is 1310. The van der Waals surface area contributed by atoms with Gasteiger partial charge in [-0.1, -0.05) is 12.1 Å². The van der Waals surface area contributed by atoms with Crippen LogP contribution >= 0.6 is 0 Å². The van der Waals surface area contributed by atoms with E-state index < -0.39 is 17.3 Å². The number of aromatic nitrogens is 4. The summed E-state index contributed by atoms with van der Waals surface area (Å²) in [6.07, 6.45) is 8.04. The van der Waals surface area contributed by atoms with Crippen molar-refractivity contribution in [2.75, 3.05) is 39.1 Å². The van der Waals surface area contributed by atoms with Crippen LogP contribution in [0, 0.1) is 17.6 Å². The Balaban J connectivity index is 1.54. The summed E-state index contributed by atoms with van der Waals surface area (Å²) < 4.78 is 37.4. The second-order valence-electron chi connectivity index (χ2n) is 9.79. The topological polar surface area (TPSA) is 77.2 Å². The number of ether oxygens (including phenoxy) is 1. The van der Waals surface area contributed by atoms with Gasteiger partial charge in [0.05, 0.1) is 18.8 Å². The van der Waals surface area contributed by atoms with E-state index in [1.165, 1.54) is 22.8 Å². The van der Waals surface area contributed by atoms with E-state index >= 15 is 0 Å². The second-order valence-corrected chi connectivity index (χ2v) is 9.79. The first-order valence-electron chi connectivity index (χ1n) is 12.5. The number of hydrogen-bond acceptors (Lipinski definition) is 6. The molecular weight excluding hydrogens is 466 g/mol. The van der Waals surface area contributed by atoms with E-state index in [-0.39, 0.29) is 18.2 Å². The van der Waals surface area contributed by atoms with Gasteiger partial charge in [-0.25, -0.2) is 23.1 Å². The molecule has 3 heterocycles. The van der Waals surface area contributed by atoms with E-state index in [2.05, 4.69) is 22.2 Å². The minimum absolute atomic E-state index is 0.0120. The van der Waals surface area contributed by atoms with Gasteiger partial charge in [-0.15, -0.1) is 0 Å². The molecule has 1 N–H and O–H groups in total. The Labute approximate surface area is 208 Å². The number of imidazole rings is 1. The monoisotopic (exact) mass is 498 g/mol. The van der Waals surface area contributed by atoms with Gasteiger partial charge in [0.15, 0.2) is 5.65 Å². The quantitative estimate of drug-likeness (QED) is 0.535. The number of piperidine rings is 1. The fourth-order valence-corrected chi connectivity index (χ4v) is 5.29. The summed E-state index contributed by atoms with van der Waals surface area (Å²) in [7, 11) is 3.78. The highest BCUT2D eigenvalue weighted by Crippen LogP contribution is 2.27. The zero-order chi connectivity index (χ0) is 25.2. The van der Waals surface area contributed by atoms with Gasteiger partial charge >= 0.3 is 5.69 Å². The largest absolute Gasteiger partial charge is 0.381 e. The molecule has 1 aliphatic heterocycles. The third-order valence-electron chi connectivity index (χ3n) is 7.25. The van der Waals surface area contributed by atoms with Crippen molar-refractivity contribution < 1.29 is 13.5 Å². The number of hydrogen-bond donors (Lipinski definition) is 1. The minimum atomic E-state index is -0.698. The molecule has 0 amide bonds. The SMILES string of the molecule is COC1CCC=C(n2c(=O)n(Cc3c(F)cccc3F)c3cnc(NCC4CCCN(C)C4)nc32)C1. The molecule has 2 aliphatic rings. The zero-order valence-corrected chi connectivity index (χ0v) is 20.7. The summed E-state index contributed by atoms with van der Waals surface area (Å²) in [5, 5.41) is 3.34. The molecule has 5 rings (SSSR count). The van der Waals surface area contributed by atoms with E-state index in [1.54, 1.807) is 17.9 Å². The second kappa shape index (κ2) is 10.5. The molecule has 36 heavy (non-hydrogen) atoms. The number of likely N-dealkylation sites (tertiary alicyclic amines) is 1. The van der Waals surface area contributed by atoms with Crippen molar-refractivity contribution in [1.29, 1.82) is 0 Å². The summed E-state index contributed by atoms with van der Waals surface area (Å²) in [6, 6.07) is 3.69. The van der Waals surface area contributed by atoms with Gasteiger partial charge in [-0.05, 0) is 57.3 Å². The third kappa shape index (κ3) is 4.92. The number of fused-ring (bicyclic) bond motifs is 1. The number of allylic oxidation sites excluding steroid dienone is 1. The zero-order valence-electron chi connectivity index (χ0n) is 20.7. The molecule has 2 aromatic heterocycles. The molecule has 1 fully saturated rings. The normalized spacial score (nSPS) is 21.1. The maximum atomic E-state index is 14.5. The molecule has 2 atom stereocenters. The summed E-state index contributed by atoms with van der Waals surface area (Å²) in [6.45, 7) is 2.59. The van der Waals surface area contributed by atoms with Crippen LogP contribution in [0.2, 0.25) is 0 Å². The smallest absolute Gasteiger partial charge is 0.335 e. The molecule has 0 radical (unpaired) electrons. The Morgan fingerprint density at radius 1 is 1.22 bits per heavy atom. The van der Waals surface area contributed by atoms with Gasteiger partial charge in [0, 0.05) is 37.9 Å². The summed E-state index contributed by atoms with van der Waals surface area (Å²) in [4.78, 5) is 25.1. The van der Waals surface area contributed by atoms with Crippen LogP contribution in [-0.4, -0.2) is 63.9 Å². The van der Waals surface area contributed by atoms with E-state index in [0.29, 0.717) is 29.5 Å². The van der Waals surface area contributed by atoms with Crippen LogP contribution in [0.3, 0.4) is 0 Å². The lowest BCUT2D eigenvalue weighted by Gasteiger charge is -2.29. The lowest BCUT2D eigenvalue weighted by Crippen LogP contribution is -2.35. The average Bonchev–Trinajstić information content (AvgIpc) is 3.15. The van der Waals surface area contributed by atoms with Crippen LogP contribution in [0.1, 0.15) is 37.7 Å². The van der Waals surface area contributed by atoms with Gasteiger partial charge in [0.1, 0.15) is 17.2 Å². The fourth-order valence-electron chi connectivity index (χ4n) is 5.29. The van der Waals surface area contributed by atoms with Gasteiger partial charge < -0.3 is 15.0 Å². The van der Waals surface area contributed by atoms with E-state index in [9.17, 15) is 13.6 Å². The molecule has 3 aromatic rings. The maximum absolute atomic E-state index is 14.5. The minimum Gasteiger partial charge on any atom is -0.381 e. The first-order valence-corrected chi connectivity index (χ1v) is 12.5. The summed E-state index contributed by atoms with van der Waals surface area (Å²) >= 11 is 0. The van der Waals surface area contributed by atoms with Gasteiger partial charge in [-0.3, -0.25) is 4.57 Å². The number of halogens is 2. The van der Waals surface area contributed by atoms with E-state index in [0.717, 1.165) is 51.0 Å². The summed E-state index contributed by atoms with van der Waals surface area (Å²) in [5.74, 6) is -0.479. The number of benzene rings is 1. The van der Waals surface area contributed by atoms with Gasteiger partial charge in [-0.2, -0.15) is 4.98 Å². The van der Waals surface area contributed by atoms with Gasteiger partial charge in [0.25, 0.3) is 0 Å².